The zero-order valence-electron chi connectivity index (χ0n) is 15.7. The van der Waals surface area contributed by atoms with Crippen molar-refractivity contribution >= 4 is 23.8 Å². The van der Waals surface area contributed by atoms with Crippen molar-refractivity contribution in [3.63, 3.8) is 0 Å². The Hall–Kier alpha value is -2.12. The maximum absolute atomic E-state index is 13.3. The van der Waals surface area contributed by atoms with Crippen molar-refractivity contribution in [1.29, 1.82) is 0 Å². The Morgan fingerprint density at radius 2 is 1.81 bits per heavy atom. The number of urea groups is 1. The molecule has 0 aromatic carbocycles. The Kier molecular flexibility index (Phi) is 4.82. The van der Waals surface area contributed by atoms with Gasteiger partial charge in [-0.2, -0.15) is 0 Å². The Morgan fingerprint density at radius 1 is 1.04 bits per heavy atom. The van der Waals surface area contributed by atoms with Gasteiger partial charge in [-0.25, -0.2) is 4.79 Å². The number of hydrogen-bond acceptors (Lipinski definition) is 4. The summed E-state index contributed by atoms with van der Waals surface area (Å²) in [6.07, 6.45) is 8.38. The number of rotatable bonds is 3. The summed E-state index contributed by atoms with van der Waals surface area (Å²) in [6.45, 7) is 1.66. The molecule has 1 atom stereocenters. The lowest BCUT2D eigenvalue weighted by Crippen LogP contribution is -2.54. The van der Waals surface area contributed by atoms with Gasteiger partial charge in [-0.1, -0.05) is 19.3 Å². The summed E-state index contributed by atoms with van der Waals surface area (Å²) in [6, 6.07) is -0.146. The summed E-state index contributed by atoms with van der Waals surface area (Å²) in [5.74, 6) is -0.333. The van der Waals surface area contributed by atoms with Crippen LogP contribution in [0.4, 0.5) is 4.79 Å². The van der Waals surface area contributed by atoms with Crippen LogP contribution in [-0.4, -0.2) is 77.2 Å². The average molecular weight is 376 g/mol. The van der Waals surface area contributed by atoms with Gasteiger partial charge in [0.05, 0.1) is 5.41 Å². The minimum absolute atomic E-state index is 0.0715. The Balaban J connectivity index is 1.39. The van der Waals surface area contributed by atoms with Crippen LogP contribution in [0.5, 0.6) is 0 Å². The summed E-state index contributed by atoms with van der Waals surface area (Å²) in [7, 11) is 0. The van der Waals surface area contributed by atoms with Crippen molar-refractivity contribution in [3.8, 4) is 0 Å². The fraction of sp³-hybridized carbons (Fsp3) is 0.789. The number of likely N-dealkylation sites (tertiary alicyclic amines) is 2. The van der Waals surface area contributed by atoms with Crippen molar-refractivity contribution in [3.05, 3.63) is 0 Å². The molecule has 0 aromatic heterocycles. The zero-order valence-corrected chi connectivity index (χ0v) is 15.7. The van der Waals surface area contributed by atoms with Gasteiger partial charge in [0.1, 0.15) is 13.1 Å². The monoisotopic (exact) mass is 376 g/mol. The third kappa shape index (κ3) is 3.41. The minimum atomic E-state index is -0.514. The molecule has 3 heterocycles. The van der Waals surface area contributed by atoms with E-state index in [-0.39, 0.29) is 30.8 Å². The number of carbonyl (C=O) groups is 4. The maximum Gasteiger partial charge on any atom is 0.325 e. The van der Waals surface area contributed by atoms with E-state index in [0.29, 0.717) is 25.6 Å². The maximum atomic E-state index is 13.3. The molecule has 0 unspecified atom stereocenters. The standard InChI is InChI=1S/C19H28N4O4/c24-15-11-22(18(27)20-15)12-16(25)21-10-8-19(13-21)7-4-9-23(17(19)26)14-5-2-1-3-6-14/h14H,1-13H2,(H,20,24,27)/t19-/m1/s1. The van der Waals surface area contributed by atoms with Crippen molar-refractivity contribution in [2.24, 2.45) is 5.41 Å². The van der Waals surface area contributed by atoms with Crippen LogP contribution in [0.1, 0.15) is 51.4 Å². The second-order valence-electron chi connectivity index (χ2n) is 8.45. The average Bonchev–Trinajstić information content (AvgIpc) is 3.22. The molecule has 3 saturated heterocycles. The highest BCUT2D eigenvalue weighted by molar-refractivity contribution is 6.03. The van der Waals surface area contributed by atoms with Crippen LogP contribution < -0.4 is 5.32 Å². The highest BCUT2D eigenvalue weighted by Crippen LogP contribution is 2.42. The smallest absolute Gasteiger partial charge is 0.325 e. The molecule has 1 saturated carbocycles. The van der Waals surface area contributed by atoms with Gasteiger partial charge in [0.2, 0.25) is 17.7 Å². The number of piperidine rings is 1. The summed E-state index contributed by atoms with van der Waals surface area (Å²) in [5.41, 5.74) is -0.450. The fourth-order valence-corrected chi connectivity index (χ4v) is 5.18. The first kappa shape index (κ1) is 18.3. The number of hydrogen-bond donors (Lipinski definition) is 1. The van der Waals surface area contributed by atoms with Gasteiger partial charge in [-0.05, 0) is 32.1 Å². The van der Waals surface area contributed by atoms with E-state index in [1.54, 1.807) is 4.90 Å². The van der Waals surface area contributed by atoms with Gasteiger partial charge in [0, 0.05) is 25.7 Å². The first-order valence-electron chi connectivity index (χ1n) is 10.2. The molecule has 8 heteroatoms. The van der Waals surface area contributed by atoms with Gasteiger partial charge in [0.15, 0.2) is 0 Å². The van der Waals surface area contributed by atoms with Gasteiger partial charge in [0.25, 0.3) is 0 Å². The van der Waals surface area contributed by atoms with Crippen LogP contribution in [0.15, 0.2) is 0 Å². The van der Waals surface area contributed by atoms with Crippen LogP contribution in [-0.2, 0) is 14.4 Å². The van der Waals surface area contributed by atoms with E-state index in [9.17, 15) is 19.2 Å². The lowest BCUT2D eigenvalue weighted by Gasteiger charge is -2.44. The highest BCUT2D eigenvalue weighted by atomic mass is 16.2. The van der Waals surface area contributed by atoms with Gasteiger partial charge < -0.3 is 14.7 Å². The second kappa shape index (κ2) is 7.13. The summed E-state index contributed by atoms with van der Waals surface area (Å²) >= 11 is 0. The Morgan fingerprint density at radius 3 is 2.52 bits per heavy atom. The molecule has 0 aromatic rings. The normalized spacial score (nSPS) is 29.8. The van der Waals surface area contributed by atoms with Crippen LogP contribution in [0, 0.1) is 5.41 Å². The molecule has 4 rings (SSSR count). The molecule has 1 N–H and O–H groups in total. The molecular weight excluding hydrogens is 348 g/mol. The van der Waals surface area contributed by atoms with Gasteiger partial charge in [-0.15, -0.1) is 0 Å². The Labute approximate surface area is 159 Å². The van der Waals surface area contributed by atoms with Crippen molar-refractivity contribution in [2.75, 3.05) is 32.7 Å². The van der Waals surface area contributed by atoms with E-state index in [1.165, 1.54) is 24.2 Å². The largest absolute Gasteiger partial charge is 0.340 e. The first-order valence-corrected chi connectivity index (χ1v) is 10.2. The van der Waals surface area contributed by atoms with E-state index in [0.717, 1.165) is 32.2 Å². The van der Waals surface area contributed by atoms with Crippen LogP contribution in [0.25, 0.3) is 0 Å². The third-order valence-electron chi connectivity index (χ3n) is 6.69. The lowest BCUT2D eigenvalue weighted by molar-refractivity contribution is -0.149. The predicted octanol–water partition coefficient (Wildman–Crippen LogP) is 0.712. The van der Waals surface area contributed by atoms with Crippen LogP contribution in [0.3, 0.4) is 0 Å². The highest BCUT2D eigenvalue weighted by Gasteiger charge is 2.50. The predicted molar refractivity (Wildman–Crippen MR) is 96.6 cm³/mol. The summed E-state index contributed by atoms with van der Waals surface area (Å²) in [5, 5.41) is 2.19. The molecule has 4 fully saturated rings. The molecule has 1 spiro atoms. The van der Waals surface area contributed by atoms with Crippen molar-refractivity contribution in [2.45, 2.75) is 57.4 Å². The van der Waals surface area contributed by atoms with E-state index < -0.39 is 11.4 Å². The fourth-order valence-electron chi connectivity index (χ4n) is 5.18. The Bertz CT molecular complexity index is 660. The molecule has 0 radical (unpaired) electrons. The number of nitrogens with zero attached hydrogens (tertiary/aromatic N) is 3. The minimum Gasteiger partial charge on any atom is -0.340 e. The quantitative estimate of drug-likeness (QED) is 0.735. The van der Waals surface area contributed by atoms with E-state index in [2.05, 4.69) is 10.2 Å². The number of carbonyl (C=O) groups excluding carboxylic acids is 4. The van der Waals surface area contributed by atoms with Crippen molar-refractivity contribution in [1.82, 2.24) is 20.0 Å². The molecular formula is C19H28N4O4. The van der Waals surface area contributed by atoms with Gasteiger partial charge in [-0.3, -0.25) is 19.7 Å². The molecule has 5 amide bonds. The number of amides is 5. The van der Waals surface area contributed by atoms with E-state index in [1.807, 2.05) is 0 Å². The van der Waals surface area contributed by atoms with Crippen molar-refractivity contribution < 1.29 is 19.2 Å². The summed E-state index contributed by atoms with van der Waals surface area (Å²) in [4.78, 5) is 54.0. The molecule has 148 valence electrons. The molecule has 27 heavy (non-hydrogen) atoms. The third-order valence-corrected chi connectivity index (χ3v) is 6.69. The van der Waals surface area contributed by atoms with Crippen LogP contribution >= 0.6 is 0 Å². The molecule has 0 bridgehead atoms. The van der Waals surface area contributed by atoms with Crippen LogP contribution in [0.2, 0.25) is 0 Å². The number of nitrogens with one attached hydrogen (secondary N) is 1. The lowest BCUT2D eigenvalue weighted by atomic mass is 9.77. The molecule has 8 nitrogen and oxygen atoms in total. The zero-order chi connectivity index (χ0) is 19.0. The first-order chi connectivity index (χ1) is 13.0. The topological polar surface area (TPSA) is 90.0 Å². The molecule has 3 aliphatic heterocycles. The molecule has 4 aliphatic rings. The molecule has 1 aliphatic carbocycles. The second-order valence-corrected chi connectivity index (χ2v) is 8.45. The number of imide groups is 1. The van der Waals surface area contributed by atoms with E-state index in [4.69, 9.17) is 0 Å². The SMILES string of the molecule is O=C1CN(CC(=O)N2CC[C@]3(CCCN(C4CCCCC4)C3=O)C2)C(=O)N1. The van der Waals surface area contributed by atoms with Gasteiger partial charge >= 0.3 is 6.03 Å². The van der Waals surface area contributed by atoms with E-state index >= 15 is 0 Å². The summed E-state index contributed by atoms with van der Waals surface area (Å²) < 4.78 is 0.